The first-order valence-corrected chi connectivity index (χ1v) is 7.65. The number of nitrogens with two attached hydrogens (primary N) is 1. The number of nitro groups is 1. The number of hydrogen-bond donors (Lipinski definition) is 2. The van der Waals surface area contributed by atoms with Crippen LogP contribution in [0.5, 0.6) is 0 Å². The van der Waals surface area contributed by atoms with Crippen LogP contribution < -0.4 is 11.1 Å². The van der Waals surface area contributed by atoms with Crippen LogP contribution in [0.3, 0.4) is 0 Å². The summed E-state index contributed by atoms with van der Waals surface area (Å²) in [7, 11) is 0. The van der Waals surface area contributed by atoms with E-state index >= 15 is 0 Å². The number of pyridine rings is 1. The Labute approximate surface area is 148 Å². The molecule has 1 aromatic carbocycles. The summed E-state index contributed by atoms with van der Waals surface area (Å²) in [5.74, 6) is -1.16. The van der Waals surface area contributed by atoms with Gasteiger partial charge in [0.25, 0.3) is 5.69 Å². The van der Waals surface area contributed by atoms with Gasteiger partial charge in [0, 0.05) is 24.8 Å². The molecule has 0 radical (unpaired) electrons. The number of benzene rings is 1. The van der Waals surface area contributed by atoms with Gasteiger partial charge in [0.2, 0.25) is 11.8 Å². The van der Waals surface area contributed by atoms with E-state index in [0.29, 0.717) is 16.3 Å². The van der Waals surface area contributed by atoms with E-state index in [1.54, 1.807) is 18.2 Å². The van der Waals surface area contributed by atoms with Crippen LogP contribution in [0.1, 0.15) is 11.1 Å². The Bertz CT molecular complexity index is 795. The van der Waals surface area contributed by atoms with Gasteiger partial charge in [-0.05, 0) is 17.2 Å². The van der Waals surface area contributed by atoms with Gasteiger partial charge in [0.15, 0.2) is 0 Å². The van der Waals surface area contributed by atoms with Crippen LogP contribution in [0.2, 0.25) is 5.15 Å². The average Bonchev–Trinajstić information content (AvgIpc) is 2.56. The molecule has 2 amide bonds. The summed E-state index contributed by atoms with van der Waals surface area (Å²) in [6, 6.07) is 8.05. The molecule has 0 aliphatic rings. The molecule has 2 rings (SSSR count). The number of non-ortho nitro benzene ring substituents is 1. The fourth-order valence-corrected chi connectivity index (χ4v) is 2.31. The van der Waals surface area contributed by atoms with E-state index in [-0.39, 0.29) is 18.5 Å². The van der Waals surface area contributed by atoms with E-state index in [9.17, 15) is 19.7 Å². The lowest BCUT2D eigenvalue weighted by atomic mass is 10.1. The lowest BCUT2D eigenvalue weighted by molar-refractivity contribution is -0.384. The minimum absolute atomic E-state index is 0.107. The first kappa shape index (κ1) is 18.3. The number of rotatable bonds is 7. The SMILES string of the molecule is NC(=O)[C@@H](Cc1ccc(Cl)nc1)NC(=O)Cc1cccc([N+](=O)[O-])c1. The highest BCUT2D eigenvalue weighted by molar-refractivity contribution is 6.29. The van der Waals surface area contributed by atoms with Gasteiger partial charge in [-0.1, -0.05) is 29.8 Å². The number of aromatic nitrogens is 1. The molecule has 9 heteroatoms. The van der Waals surface area contributed by atoms with Gasteiger partial charge in [0.05, 0.1) is 11.3 Å². The molecule has 2 aromatic rings. The third kappa shape index (κ3) is 5.54. The number of carbonyl (C=O) groups excluding carboxylic acids is 2. The van der Waals surface area contributed by atoms with Crippen molar-refractivity contribution in [3.63, 3.8) is 0 Å². The van der Waals surface area contributed by atoms with E-state index in [0.717, 1.165) is 0 Å². The second kappa shape index (κ2) is 8.20. The van der Waals surface area contributed by atoms with E-state index < -0.39 is 22.8 Å². The predicted molar refractivity (Wildman–Crippen MR) is 90.9 cm³/mol. The van der Waals surface area contributed by atoms with Crippen molar-refractivity contribution in [1.82, 2.24) is 10.3 Å². The molecular weight excluding hydrogens is 348 g/mol. The zero-order valence-corrected chi connectivity index (χ0v) is 13.8. The Morgan fingerprint density at radius 1 is 1.28 bits per heavy atom. The van der Waals surface area contributed by atoms with Crippen LogP contribution in [0.4, 0.5) is 5.69 Å². The van der Waals surface area contributed by atoms with Crippen molar-refractivity contribution < 1.29 is 14.5 Å². The maximum Gasteiger partial charge on any atom is 0.269 e. The molecule has 3 N–H and O–H groups in total. The van der Waals surface area contributed by atoms with Crippen LogP contribution in [-0.2, 0) is 22.4 Å². The van der Waals surface area contributed by atoms with Crippen LogP contribution in [0.15, 0.2) is 42.6 Å². The summed E-state index contributed by atoms with van der Waals surface area (Å²) < 4.78 is 0. The number of halogens is 1. The molecule has 0 saturated carbocycles. The molecule has 1 atom stereocenters. The second-order valence-electron chi connectivity index (χ2n) is 5.32. The Balaban J connectivity index is 2.02. The zero-order chi connectivity index (χ0) is 18.4. The number of amides is 2. The fraction of sp³-hybridized carbons (Fsp3) is 0.188. The predicted octanol–water partition coefficient (Wildman–Crippen LogP) is 1.40. The monoisotopic (exact) mass is 362 g/mol. The van der Waals surface area contributed by atoms with Gasteiger partial charge in [0.1, 0.15) is 11.2 Å². The zero-order valence-electron chi connectivity index (χ0n) is 13.0. The van der Waals surface area contributed by atoms with Crippen LogP contribution in [-0.4, -0.2) is 27.8 Å². The summed E-state index contributed by atoms with van der Waals surface area (Å²) in [6.45, 7) is 0. The normalized spacial score (nSPS) is 11.6. The molecule has 8 nitrogen and oxygen atoms in total. The quantitative estimate of drug-likeness (QED) is 0.437. The Morgan fingerprint density at radius 2 is 2.04 bits per heavy atom. The standard InChI is InChI=1S/C16H15ClN4O4/c17-14-5-4-11(9-19-14)7-13(16(18)23)20-15(22)8-10-2-1-3-12(6-10)21(24)25/h1-6,9,13H,7-8H2,(H2,18,23)(H,20,22)/t13-/m1/s1. The molecule has 0 spiro atoms. The van der Waals surface area contributed by atoms with E-state index in [2.05, 4.69) is 10.3 Å². The first-order chi connectivity index (χ1) is 11.8. The molecule has 0 saturated heterocycles. The average molecular weight is 363 g/mol. The Hall–Kier alpha value is -3.00. The highest BCUT2D eigenvalue weighted by atomic mass is 35.5. The van der Waals surface area contributed by atoms with Gasteiger partial charge in [-0.25, -0.2) is 4.98 Å². The third-order valence-electron chi connectivity index (χ3n) is 3.39. The van der Waals surface area contributed by atoms with E-state index in [4.69, 9.17) is 17.3 Å². The summed E-state index contributed by atoms with van der Waals surface area (Å²) >= 11 is 5.70. The maximum atomic E-state index is 12.1. The minimum atomic E-state index is -0.922. The van der Waals surface area contributed by atoms with Crippen LogP contribution >= 0.6 is 11.6 Å². The molecular formula is C16H15ClN4O4. The van der Waals surface area contributed by atoms with Gasteiger partial charge in [-0.2, -0.15) is 0 Å². The van der Waals surface area contributed by atoms with E-state index in [1.807, 2.05) is 0 Å². The van der Waals surface area contributed by atoms with E-state index in [1.165, 1.54) is 24.4 Å². The molecule has 25 heavy (non-hydrogen) atoms. The van der Waals surface area contributed by atoms with Crippen molar-refractivity contribution in [2.75, 3.05) is 0 Å². The summed E-state index contributed by atoms with van der Waals surface area (Å²) in [4.78, 5) is 37.8. The number of hydrogen-bond acceptors (Lipinski definition) is 5. The van der Waals surface area contributed by atoms with Crippen LogP contribution in [0.25, 0.3) is 0 Å². The van der Waals surface area contributed by atoms with Crippen molar-refractivity contribution in [1.29, 1.82) is 0 Å². The summed E-state index contributed by atoms with van der Waals surface area (Å²) in [5, 5.41) is 13.6. The third-order valence-corrected chi connectivity index (χ3v) is 3.62. The molecule has 1 aromatic heterocycles. The Kier molecular flexibility index (Phi) is 6.02. The van der Waals surface area contributed by atoms with Crippen LogP contribution in [0, 0.1) is 10.1 Å². The maximum absolute atomic E-state index is 12.1. The molecule has 0 unspecified atom stereocenters. The summed E-state index contributed by atoms with van der Waals surface area (Å²) in [6.07, 6.45) is 1.55. The van der Waals surface area contributed by atoms with Gasteiger partial charge in [-0.3, -0.25) is 19.7 Å². The fourth-order valence-electron chi connectivity index (χ4n) is 2.20. The summed E-state index contributed by atoms with van der Waals surface area (Å²) in [5.41, 5.74) is 6.37. The number of carbonyl (C=O) groups is 2. The van der Waals surface area contributed by atoms with Crippen molar-refractivity contribution in [3.05, 3.63) is 69.0 Å². The van der Waals surface area contributed by atoms with Crippen molar-refractivity contribution >= 4 is 29.1 Å². The number of nitrogens with zero attached hydrogens (tertiary/aromatic N) is 2. The molecule has 0 aliphatic carbocycles. The number of nitrogens with one attached hydrogen (secondary N) is 1. The molecule has 1 heterocycles. The lowest BCUT2D eigenvalue weighted by Gasteiger charge is -2.15. The second-order valence-corrected chi connectivity index (χ2v) is 5.71. The topological polar surface area (TPSA) is 128 Å². The van der Waals surface area contributed by atoms with Gasteiger partial charge >= 0.3 is 0 Å². The molecule has 0 fully saturated rings. The van der Waals surface area contributed by atoms with Gasteiger partial charge in [-0.15, -0.1) is 0 Å². The molecule has 0 bridgehead atoms. The van der Waals surface area contributed by atoms with Crippen molar-refractivity contribution in [3.8, 4) is 0 Å². The lowest BCUT2D eigenvalue weighted by Crippen LogP contribution is -2.46. The highest BCUT2D eigenvalue weighted by Crippen LogP contribution is 2.13. The Morgan fingerprint density at radius 3 is 2.64 bits per heavy atom. The minimum Gasteiger partial charge on any atom is -0.368 e. The molecule has 0 aliphatic heterocycles. The highest BCUT2D eigenvalue weighted by Gasteiger charge is 2.19. The smallest absolute Gasteiger partial charge is 0.269 e. The van der Waals surface area contributed by atoms with Crippen molar-refractivity contribution in [2.24, 2.45) is 5.73 Å². The number of primary amides is 1. The molecule has 130 valence electrons. The first-order valence-electron chi connectivity index (χ1n) is 7.27. The van der Waals surface area contributed by atoms with Gasteiger partial charge < -0.3 is 11.1 Å². The largest absolute Gasteiger partial charge is 0.368 e. The number of nitro benzene ring substituents is 1. The van der Waals surface area contributed by atoms with Crippen molar-refractivity contribution in [2.45, 2.75) is 18.9 Å².